The van der Waals surface area contributed by atoms with E-state index in [1.54, 1.807) is 18.2 Å². The zero-order valence-electron chi connectivity index (χ0n) is 11.3. The Hall–Kier alpha value is -2.83. The molecule has 7 heteroatoms. The van der Waals surface area contributed by atoms with Crippen molar-refractivity contribution in [3.05, 3.63) is 35.4 Å². The van der Waals surface area contributed by atoms with Crippen molar-refractivity contribution in [3.8, 4) is 5.75 Å². The van der Waals surface area contributed by atoms with Crippen LogP contribution in [-0.2, 0) is 14.3 Å². The van der Waals surface area contributed by atoms with Gasteiger partial charge < -0.3 is 14.8 Å². The van der Waals surface area contributed by atoms with Crippen LogP contribution in [0.5, 0.6) is 5.75 Å². The Kier molecular flexibility index (Phi) is 4.55. The van der Waals surface area contributed by atoms with Gasteiger partial charge in [0.25, 0.3) is 5.91 Å². The molecule has 0 spiro atoms. The van der Waals surface area contributed by atoms with E-state index in [1.807, 2.05) is 17.4 Å². The second-order valence-electron chi connectivity index (χ2n) is 4.20. The number of nitrogens with one attached hydrogen (secondary N) is 2. The number of imide groups is 1. The number of benzene rings is 1. The van der Waals surface area contributed by atoms with Crippen LogP contribution < -0.4 is 15.4 Å². The Morgan fingerprint density at radius 2 is 2.05 bits per heavy atom. The maximum absolute atomic E-state index is 11.8. The Morgan fingerprint density at radius 1 is 1.29 bits per heavy atom. The fourth-order valence-corrected chi connectivity index (χ4v) is 1.68. The van der Waals surface area contributed by atoms with E-state index in [0.717, 1.165) is 5.56 Å². The van der Waals surface area contributed by atoms with Gasteiger partial charge in [-0.05, 0) is 12.1 Å². The van der Waals surface area contributed by atoms with Crippen LogP contribution in [-0.4, -0.2) is 38.2 Å². The van der Waals surface area contributed by atoms with E-state index < -0.39 is 24.5 Å². The zero-order chi connectivity index (χ0) is 15.2. The minimum absolute atomic E-state index is 0.0763. The molecular weight excluding hydrogens is 276 g/mol. The van der Waals surface area contributed by atoms with Crippen LogP contribution in [0.3, 0.4) is 0 Å². The number of ether oxygens (including phenoxy) is 2. The molecule has 0 saturated heterocycles. The Balaban J connectivity index is 1.92. The molecule has 3 amide bonds. The molecule has 0 saturated carbocycles. The first-order valence-electron chi connectivity index (χ1n) is 6.21. The molecule has 1 heterocycles. The smallest absolute Gasteiger partial charge is 0.338 e. The fourth-order valence-electron chi connectivity index (χ4n) is 1.68. The van der Waals surface area contributed by atoms with Crippen LogP contribution in [0.25, 0.3) is 6.08 Å². The van der Waals surface area contributed by atoms with Gasteiger partial charge in [0.15, 0.2) is 6.61 Å². The number of amides is 3. The van der Waals surface area contributed by atoms with Gasteiger partial charge in [-0.25, -0.2) is 9.59 Å². The molecule has 0 bridgehead atoms. The second kappa shape index (κ2) is 6.56. The van der Waals surface area contributed by atoms with E-state index in [-0.39, 0.29) is 6.61 Å². The summed E-state index contributed by atoms with van der Waals surface area (Å²) < 4.78 is 10.2. The quantitative estimate of drug-likeness (QED) is 0.789. The lowest BCUT2D eigenvalue weighted by Crippen LogP contribution is -2.39. The maximum Gasteiger partial charge on any atom is 0.338 e. The lowest BCUT2D eigenvalue weighted by atomic mass is 10.1. The van der Waals surface area contributed by atoms with Gasteiger partial charge in [0.1, 0.15) is 12.4 Å². The highest BCUT2D eigenvalue weighted by atomic mass is 16.5. The molecule has 7 nitrogen and oxygen atoms in total. The van der Waals surface area contributed by atoms with Gasteiger partial charge in [0, 0.05) is 12.6 Å². The van der Waals surface area contributed by atoms with Crippen LogP contribution in [0.2, 0.25) is 0 Å². The third-order valence-corrected chi connectivity index (χ3v) is 2.71. The molecule has 0 radical (unpaired) electrons. The predicted molar refractivity (Wildman–Crippen MR) is 73.5 cm³/mol. The molecule has 0 unspecified atom stereocenters. The van der Waals surface area contributed by atoms with Crippen molar-refractivity contribution in [2.24, 2.45) is 0 Å². The van der Waals surface area contributed by atoms with E-state index in [9.17, 15) is 14.4 Å². The van der Waals surface area contributed by atoms with E-state index in [1.165, 1.54) is 7.05 Å². The fraction of sp³-hybridized carbons (Fsp3) is 0.214. The summed E-state index contributed by atoms with van der Waals surface area (Å²) in [5.74, 6) is -0.677. The molecule has 0 fully saturated rings. The molecule has 0 aromatic heterocycles. The molecule has 1 aromatic carbocycles. The summed E-state index contributed by atoms with van der Waals surface area (Å²) in [6, 6.07) is 6.60. The van der Waals surface area contributed by atoms with Crippen molar-refractivity contribution in [2.45, 2.75) is 0 Å². The number of carbonyl (C=O) groups excluding carboxylic acids is 3. The SMILES string of the molecule is CNC(=O)NC(=O)COC(=O)C1=Cc2ccccc2OC1. The molecule has 0 aliphatic carbocycles. The molecular formula is C14H14N2O5. The second-order valence-corrected chi connectivity index (χ2v) is 4.20. The Labute approximate surface area is 120 Å². The highest BCUT2D eigenvalue weighted by Gasteiger charge is 2.19. The van der Waals surface area contributed by atoms with Gasteiger partial charge in [-0.1, -0.05) is 18.2 Å². The number of hydrogen-bond donors (Lipinski definition) is 2. The maximum atomic E-state index is 11.8. The number of fused-ring (bicyclic) bond motifs is 1. The summed E-state index contributed by atoms with van der Waals surface area (Å²) >= 11 is 0. The number of rotatable bonds is 3. The third kappa shape index (κ3) is 3.82. The number of esters is 1. The number of para-hydroxylation sites is 1. The molecule has 1 aromatic rings. The van der Waals surface area contributed by atoms with Gasteiger partial charge in [-0.15, -0.1) is 0 Å². The van der Waals surface area contributed by atoms with Crippen LogP contribution in [0.1, 0.15) is 5.56 Å². The van der Waals surface area contributed by atoms with Crippen molar-refractivity contribution in [3.63, 3.8) is 0 Å². The summed E-state index contributed by atoms with van der Waals surface area (Å²) in [6.45, 7) is -0.460. The van der Waals surface area contributed by atoms with Crippen LogP contribution >= 0.6 is 0 Å². The Bertz CT molecular complexity index is 609. The lowest BCUT2D eigenvalue weighted by molar-refractivity contribution is -0.144. The van der Waals surface area contributed by atoms with Crippen LogP contribution in [0.15, 0.2) is 29.8 Å². The van der Waals surface area contributed by atoms with Gasteiger partial charge in [-0.3, -0.25) is 10.1 Å². The first kappa shape index (κ1) is 14.6. The first-order chi connectivity index (χ1) is 10.1. The molecule has 1 aliphatic rings. The monoisotopic (exact) mass is 290 g/mol. The standard InChI is InChI=1S/C14H14N2O5/c1-15-14(19)16-12(17)8-21-13(18)10-6-9-4-2-3-5-11(9)20-7-10/h2-6H,7-8H2,1H3,(H2,15,16,17,19). The summed E-state index contributed by atoms with van der Waals surface area (Å²) in [6.07, 6.45) is 1.65. The van der Waals surface area contributed by atoms with Gasteiger partial charge >= 0.3 is 12.0 Å². The predicted octanol–water partition coefficient (Wildman–Crippen LogP) is 0.461. The topological polar surface area (TPSA) is 93.7 Å². The summed E-state index contributed by atoms with van der Waals surface area (Å²) in [4.78, 5) is 34.0. The summed E-state index contributed by atoms with van der Waals surface area (Å²) in [5, 5.41) is 4.20. The lowest BCUT2D eigenvalue weighted by Gasteiger charge is -2.16. The Morgan fingerprint density at radius 3 is 2.81 bits per heavy atom. The molecule has 2 rings (SSSR count). The van der Waals surface area contributed by atoms with Gasteiger partial charge in [0.05, 0.1) is 5.57 Å². The largest absolute Gasteiger partial charge is 0.488 e. The van der Waals surface area contributed by atoms with E-state index in [0.29, 0.717) is 11.3 Å². The number of urea groups is 1. The van der Waals surface area contributed by atoms with Crippen molar-refractivity contribution in [1.29, 1.82) is 0 Å². The summed E-state index contributed by atoms with van der Waals surface area (Å²) in [7, 11) is 1.37. The van der Waals surface area contributed by atoms with Gasteiger partial charge in [0.2, 0.25) is 0 Å². The molecule has 1 aliphatic heterocycles. The molecule has 21 heavy (non-hydrogen) atoms. The number of carbonyl (C=O) groups is 3. The zero-order valence-corrected chi connectivity index (χ0v) is 11.3. The third-order valence-electron chi connectivity index (χ3n) is 2.71. The normalized spacial score (nSPS) is 12.3. The van der Waals surface area contributed by atoms with Crippen molar-refractivity contribution >= 4 is 24.0 Å². The summed E-state index contributed by atoms with van der Waals surface area (Å²) in [5.41, 5.74) is 1.08. The van der Waals surface area contributed by atoms with E-state index >= 15 is 0 Å². The number of hydrogen-bond acceptors (Lipinski definition) is 5. The van der Waals surface area contributed by atoms with Crippen molar-refractivity contribution in [1.82, 2.24) is 10.6 Å². The minimum atomic E-state index is -0.708. The molecule has 110 valence electrons. The van der Waals surface area contributed by atoms with E-state index in [4.69, 9.17) is 9.47 Å². The van der Waals surface area contributed by atoms with Crippen LogP contribution in [0.4, 0.5) is 4.79 Å². The molecule has 2 N–H and O–H groups in total. The van der Waals surface area contributed by atoms with Crippen LogP contribution in [0, 0.1) is 0 Å². The average molecular weight is 290 g/mol. The van der Waals surface area contributed by atoms with Crippen molar-refractivity contribution in [2.75, 3.05) is 20.3 Å². The average Bonchev–Trinajstić information content (AvgIpc) is 2.51. The highest BCUT2D eigenvalue weighted by Crippen LogP contribution is 2.25. The highest BCUT2D eigenvalue weighted by molar-refractivity contribution is 5.98. The van der Waals surface area contributed by atoms with Gasteiger partial charge in [-0.2, -0.15) is 0 Å². The van der Waals surface area contributed by atoms with E-state index in [2.05, 4.69) is 5.32 Å². The minimum Gasteiger partial charge on any atom is -0.488 e. The first-order valence-corrected chi connectivity index (χ1v) is 6.21. The molecule has 0 atom stereocenters. The van der Waals surface area contributed by atoms with Crippen molar-refractivity contribution < 1.29 is 23.9 Å².